The van der Waals surface area contributed by atoms with E-state index in [0.29, 0.717) is 23.3 Å². The van der Waals surface area contributed by atoms with E-state index in [1.807, 2.05) is 19.1 Å². The van der Waals surface area contributed by atoms with Crippen LogP contribution in [0.2, 0.25) is 5.02 Å². The predicted molar refractivity (Wildman–Crippen MR) is 103 cm³/mol. The molecule has 5 heteroatoms. The van der Waals surface area contributed by atoms with Gasteiger partial charge in [-0.15, -0.1) is 0 Å². The van der Waals surface area contributed by atoms with Crippen LogP contribution in [0.15, 0.2) is 30.3 Å². The number of phenolic OH excluding ortho intramolecular Hbond substituents is 1. The molecule has 2 heterocycles. The zero-order valence-electron chi connectivity index (χ0n) is 15.1. The van der Waals surface area contributed by atoms with Crippen molar-refractivity contribution in [1.82, 2.24) is 0 Å². The summed E-state index contributed by atoms with van der Waals surface area (Å²) in [5, 5.41) is 14.2. The summed E-state index contributed by atoms with van der Waals surface area (Å²) in [6.45, 7) is 5.27. The number of nitrogens with one attached hydrogen (secondary N) is 1. The molecule has 2 aromatic carbocycles. The topological polar surface area (TPSA) is 50.7 Å². The Morgan fingerprint density at radius 2 is 2.15 bits per heavy atom. The van der Waals surface area contributed by atoms with Gasteiger partial charge >= 0.3 is 0 Å². The predicted octanol–water partition coefficient (Wildman–Crippen LogP) is 5.39. The Bertz CT molecular complexity index is 823. The van der Waals surface area contributed by atoms with Crippen molar-refractivity contribution in [3.63, 3.8) is 0 Å². The largest absolute Gasteiger partial charge is 0.503 e. The molecular formula is C21H24ClNO3. The Morgan fingerprint density at radius 1 is 1.31 bits per heavy atom. The van der Waals surface area contributed by atoms with E-state index in [-0.39, 0.29) is 17.9 Å². The first kappa shape index (κ1) is 17.5. The fourth-order valence-electron chi connectivity index (χ4n) is 4.16. The second-order valence-corrected chi connectivity index (χ2v) is 7.50. The van der Waals surface area contributed by atoms with Gasteiger partial charge in [0.25, 0.3) is 0 Å². The van der Waals surface area contributed by atoms with Crippen LogP contribution in [0.4, 0.5) is 5.69 Å². The van der Waals surface area contributed by atoms with Gasteiger partial charge in [-0.3, -0.25) is 0 Å². The number of aromatic hydroxyl groups is 1. The molecule has 0 bridgehead atoms. The summed E-state index contributed by atoms with van der Waals surface area (Å²) in [5.74, 6) is 0.744. The van der Waals surface area contributed by atoms with Crippen LogP contribution in [-0.2, 0) is 4.74 Å². The van der Waals surface area contributed by atoms with Gasteiger partial charge in [0.05, 0.1) is 23.8 Å². The fourth-order valence-corrected chi connectivity index (χ4v) is 4.38. The number of fused-ring (bicyclic) bond motifs is 3. The molecule has 0 unspecified atom stereocenters. The van der Waals surface area contributed by atoms with Crippen LogP contribution in [0.1, 0.15) is 48.6 Å². The molecule has 138 valence electrons. The Balaban J connectivity index is 1.78. The molecule has 2 aromatic rings. The third kappa shape index (κ3) is 3.01. The molecule has 0 saturated carbocycles. The average Bonchev–Trinajstić information content (AvgIpc) is 2.65. The minimum Gasteiger partial charge on any atom is -0.503 e. The smallest absolute Gasteiger partial charge is 0.176 e. The Kier molecular flexibility index (Phi) is 4.72. The standard InChI is InChI=1S/C21H24ClNO3/c1-3-25-18-11-13(10-16(22)20(18)24)19-14-5-4-8-26-21(14)15-9-12(2)6-7-17(15)23-19/h6-7,9-11,14,19,21,23-24H,3-5,8H2,1-2H3/t14-,19-,21-/m0/s1. The van der Waals surface area contributed by atoms with E-state index in [9.17, 15) is 5.11 Å². The monoisotopic (exact) mass is 373 g/mol. The first-order valence-electron chi connectivity index (χ1n) is 9.22. The number of benzene rings is 2. The molecule has 1 saturated heterocycles. The highest BCUT2D eigenvalue weighted by atomic mass is 35.5. The van der Waals surface area contributed by atoms with Gasteiger partial charge in [0.2, 0.25) is 0 Å². The minimum atomic E-state index is 0.000505. The van der Waals surface area contributed by atoms with E-state index >= 15 is 0 Å². The van der Waals surface area contributed by atoms with Crippen LogP contribution in [0.5, 0.6) is 11.5 Å². The van der Waals surface area contributed by atoms with Crippen LogP contribution in [0.25, 0.3) is 0 Å². The maximum absolute atomic E-state index is 10.2. The molecular weight excluding hydrogens is 350 g/mol. The highest BCUT2D eigenvalue weighted by Crippen LogP contribution is 2.50. The molecule has 0 radical (unpaired) electrons. The van der Waals surface area contributed by atoms with Crippen molar-refractivity contribution < 1.29 is 14.6 Å². The molecule has 0 amide bonds. The lowest BCUT2D eigenvalue weighted by molar-refractivity contribution is -0.0381. The minimum absolute atomic E-state index is 0.000505. The SMILES string of the molecule is CCOc1cc([C@@H]2Nc3ccc(C)cc3[C@H]3OCCC[C@H]32)cc(Cl)c1O. The van der Waals surface area contributed by atoms with Crippen LogP contribution < -0.4 is 10.1 Å². The molecule has 4 nitrogen and oxygen atoms in total. The molecule has 0 aromatic heterocycles. The summed E-state index contributed by atoms with van der Waals surface area (Å²) < 4.78 is 11.8. The van der Waals surface area contributed by atoms with E-state index in [1.54, 1.807) is 0 Å². The van der Waals surface area contributed by atoms with E-state index in [0.717, 1.165) is 30.7 Å². The first-order valence-corrected chi connectivity index (χ1v) is 9.60. The van der Waals surface area contributed by atoms with Gasteiger partial charge in [-0.1, -0.05) is 29.3 Å². The van der Waals surface area contributed by atoms with Crippen LogP contribution in [0, 0.1) is 12.8 Å². The second-order valence-electron chi connectivity index (χ2n) is 7.09. The van der Waals surface area contributed by atoms with Gasteiger partial charge < -0.3 is 19.9 Å². The molecule has 3 atom stereocenters. The summed E-state index contributed by atoms with van der Waals surface area (Å²) in [5.41, 5.74) is 4.60. The maximum Gasteiger partial charge on any atom is 0.176 e. The van der Waals surface area contributed by atoms with Gasteiger partial charge in [0, 0.05) is 23.8 Å². The van der Waals surface area contributed by atoms with Crippen molar-refractivity contribution in [2.75, 3.05) is 18.5 Å². The van der Waals surface area contributed by atoms with Gasteiger partial charge in [-0.05, 0) is 50.5 Å². The van der Waals surface area contributed by atoms with Crippen molar-refractivity contribution in [1.29, 1.82) is 0 Å². The second kappa shape index (κ2) is 7.01. The van der Waals surface area contributed by atoms with Crippen LogP contribution in [0.3, 0.4) is 0 Å². The number of hydrogen-bond acceptors (Lipinski definition) is 4. The van der Waals surface area contributed by atoms with E-state index in [2.05, 4.69) is 30.4 Å². The number of aryl methyl sites for hydroxylation is 1. The van der Waals surface area contributed by atoms with E-state index < -0.39 is 0 Å². The Labute approximate surface area is 159 Å². The summed E-state index contributed by atoms with van der Waals surface area (Å²) in [7, 11) is 0. The van der Waals surface area contributed by atoms with Gasteiger partial charge in [0.15, 0.2) is 11.5 Å². The van der Waals surface area contributed by atoms with Gasteiger partial charge in [0.1, 0.15) is 0 Å². The molecule has 2 aliphatic rings. The lowest BCUT2D eigenvalue weighted by Crippen LogP contribution is -2.36. The van der Waals surface area contributed by atoms with Gasteiger partial charge in [-0.2, -0.15) is 0 Å². The van der Waals surface area contributed by atoms with Crippen LogP contribution in [-0.4, -0.2) is 18.3 Å². The maximum atomic E-state index is 10.2. The highest BCUT2D eigenvalue weighted by Gasteiger charge is 2.40. The molecule has 26 heavy (non-hydrogen) atoms. The number of halogens is 1. The third-order valence-corrected chi connectivity index (χ3v) is 5.62. The zero-order valence-corrected chi connectivity index (χ0v) is 15.8. The van der Waals surface area contributed by atoms with Crippen molar-refractivity contribution >= 4 is 17.3 Å². The average molecular weight is 374 g/mol. The molecule has 1 fully saturated rings. The molecule has 2 aliphatic heterocycles. The summed E-state index contributed by atoms with van der Waals surface area (Å²) in [4.78, 5) is 0. The first-order chi connectivity index (χ1) is 12.6. The van der Waals surface area contributed by atoms with Crippen molar-refractivity contribution in [3.8, 4) is 11.5 Å². The highest BCUT2D eigenvalue weighted by molar-refractivity contribution is 6.32. The summed E-state index contributed by atoms with van der Waals surface area (Å²) >= 11 is 6.28. The van der Waals surface area contributed by atoms with Gasteiger partial charge in [-0.25, -0.2) is 0 Å². The quantitative estimate of drug-likeness (QED) is 0.757. The van der Waals surface area contributed by atoms with E-state index in [1.165, 1.54) is 11.1 Å². The number of hydrogen-bond donors (Lipinski definition) is 2. The van der Waals surface area contributed by atoms with E-state index in [4.69, 9.17) is 21.1 Å². The van der Waals surface area contributed by atoms with Crippen molar-refractivity contribution in [2.24, 2.45) is 5.92 Å². The summed E-state index contributed by atoms with van der Waals surface area (Å²) in [6, 6.07) is 10.2. The Morgan fingerprint density at radius 3 is 2.96 bits per heavy atom. The third-order valence-electron chi connectivity index (χ3n) is 5.33. The molecule has 0 aliphatic carbocycles. The number of rotatable bonds is 3. The lowest BCUT2D eigenvalue weighted by atomic mass is 9.77. The number of phenols is 1. The molecule has 4 rings (SSSR count). The van der Waals surface area contributed by atoms with Crippen LogP contribution >= 0.6 is 11.6 Å². The number of ether oxygens (including phenoxy) is 2. The Hall–Kier alpha value is -1.91. The summed E-state index contributed by atoms with van der Waals surface area (Å²) in [6.07, 6.45) is 2.20. The molecule has 2 N–H and O–H groups in total. The normalized spacial score (nSPS) is 24.3. The van der Waals surface area contributed by atoms with Crippen molar-refractivity contribution in [3.05, 3.63) is 52.0 Å². The van der Waals surface area contributed by atoms with Crippen molar-refractivity contribution in [2.45, 2.75) is 38.8 Å². The molecule has 0 spiro atoms. The number of anilines is 1. The lowest BCUT2D eigenvalue weighted by Gasteiger charge is -2.43. The fraction of sp³-hybridized carbons (Fsp3) is 0.429. The zero-order chi connectivity index (χ0) is 18.3.